The highest BCUT2D eigenvalue weighted by atomic mass is 35.5. The van der Waals surface area contributed by atoms with E-state index in [1.807, 2.05) is 49.4 Å². The van der Waals surface area contributed by atoms with Gasteiger partial charge in [0.15, 0.2) is 0 Å². The number of carbonyl (C=O) groups is 1. The second kappa shape index (κ2) is 9.06. The zero-order valence-electron chi connectivity index (χ0n) is 18.0. The highest BCUT2D eigenvalue weighted by molar-refractivity contribution is 7.89. The molecule has 0 aromatic heterocycles. The fourth-order valence-corrected chi connectivity index (χ4v) is 6.13. The van der Waals surface area contributed by atoms with Gasteiger partial charge in [-0.15, -0.1) is 0 Å². The molecule has 1 amide bonds. The smallest absolute Gasteiger partial charge is 0.244 e. The van der Waals surface area contributed by atoms with E-state index in [0.29, 0.717) is 17.0 Å². The first-order valence-electron chi connectivity index (χ1n) is 10.4. The summed E-state index contributed by atoms with van der Waals surface area (Å²) in [4.78, 5) is 13.5. The Morgan fingerprint density at radius 3 is 2.53 bits per heavy atom. The van der Waals surface area contributed by atoms with Crippen LogP contribution in [0.1, 0.15) is 27.8 Å². The van der Waals surface area contributed by atoms with Gasteiger partial charge in [-0.1, -0.05) is 60.1 Å². The van der Waals surface area contributed by atoms with Crippen LogP contribution in [0.2, 0.25) is 5.02 Å². The summed E-state index contributed by atoms with van der Waals surface area (Å²) in [6.45, 7) is 4.06. The van der Waals surface area contributed by atoms with E-state index in [2.05, 4.69) is 5.32 Å². The average Bonchev–Trinajstić information content (AvgIpc) is 2.78. The zero-order valence-corrected chi connectivity index (χ0v) is 19.6. The van der Waals surface area contributed by atoms with Crippen molar-refractivity contribution in [3.8, 4) is 0 Å². The second-order valence-electron chi connectivity index (χ2n) is 8.16. The van der Waals surface area contributed by atoms with Gasteiger partial charge in [0.05, 0.1) is 4.90 Å². The highest BCUT2D eigenvalue weighted by Crippen LogP contribution is 2.31. The molecule has 1 aliphatic heterocycles. The molecule has 5 nitrogen and oxygen atoms in total. The van der Waals surface area contributed by atoms with Crippen LogP contribution < -0.4 is 5.32 Å². The fourth-order valence-electron chi connectivity index (χ4n) is 4.04. The molecule has 166 valence electrons. The van der Waals surface area contributed by atoms with Gasteiger partial charge < -0.3 is 5.32 Å². The fraction of sp³-hybridized carbons (Fsp3) is 0.240. The van der Waals surface area contributed by atoms with E-state index < -0.39 is 16.1 Å². The quantitative estimate of drug-likeness (QED) is 0.604. The monoisotopic (exact) mass is 468 g/mol. The number of hydrogen-bond acceptors (Lipinski definition) is 3. The first kappa shape index (κ1) is 22.5. The van der Waals surface area contributed by atoms with Crippen LogP contribution in [-0.2, 0) is 34.3 Å². The van der Waals surface area contributed by atoms with Crippen molar-refractivity contribution in [3.05, 3.63) is 99.6 Å². The van der Waals surface area contributed by atoms with Crippen LogP contribution in [0.4, 0.5) is 0 Å². The van der Waals surface area contributed by atoms with Crippen molar-refractivity contribution < 1.29 is 13.2 Å². The van der Waals surface area contributed by atoms with Crippen LogP contribution in [0.15, 0.2) is 71.6 Å². The van der Waals surface area contributed by atoms with E-state index in [-0.39, 0.29) is 23.9 Å². The van der Waals surface area contributed by atoms with E-state index in [9.17, 15) is 13.2 Å². The lowest BCUT2D eigenvalue weighted by Crippen LogP contribution is -2.52. The van der Waals surface area contributed by atoms with Gasteiger partial charge in [0.2, 0.25) is 15.9 Å². The molecular weight excluding hydrogens is 444 g/mol. The molecule has 1 aliphatic rings. The van der Waals surface area contributed by atoms with Crippen LogP contribution in [0.3, 0.4) is 0 Å². The summed E-state index contributed by atoms with van der Waals surface area (Å²) in [6, 6.07) is 19.4. The average molecular weight is 469 g/mol. The molecule has 0 aliphatic carbocycles. The summed E-state index contributed by atoms with van der Waals surface area (Å²) in [6.07, 6.45) is 0.321. The van der Waals surface area contributed by atoms with Gasteiger partial charge in [-0.3, -0.25) is 4.79 Å². The number of nitrogens with zero attached hydrogens (tertiary/aromatic N) is 1. The van der Waals surface area contributed by atoms with Crippen molar-refractivity contribution in [1.82, 2.24) is 9.62 Å². The first-order chi connectivity index (χ1) is 15.3. The second-order valence-corrected chi connectivity index (χ2v) is 10.5. The maximum atomic E-state index is 13.7. The molecular formula is C25H25ClN2O3S. The molecule has 3 aromatic rings. The molecule has 0 spiro atoms. The van der Waals surface area contributed by atoms with E-state index in [0.717, 1.165) is 22.3 Å². The normalized spacial score (nSPS) is 16.4. The Morgan fingerprint density at radius 1 is 1.03 bits per heavy atom. The van der Waals surface area contributed by atoms with Crippen LogP contribution >= 0.6 is 11.6 Å². The van der Waals surface area contributed by atoms with Gasteiger partial charge in [-0.05, 0) is 66.3 Å². The van der Waals surface area contributed by atoms with Crippen LogP contribution in [0.25, 0.3) is 0 Å². The summed E-state index contributed by atoms with van der Waals surface area (Å²) >= 11 is 6.04. The number of hydrogen-bond donors (Lipinski definition) is 1. The highest BCUT2D eigenvalue weighted by Gasteiger charge is 2.40. The lowest BCUT2D eigenvalue weighted by Gasteiger charge is -2.35. The Bertz CT molecular complexity index is 1270. The lowest BCUT2D eigenvalue weighted by molar-refractivity contribution is -0.125. The molecule has 3 aromatic carbocycles. The van der Waals surface area contributed by atoms with E-state index in [1.165, 1.54) is 4.31 Å². The Labute approximate surface area is 194 Å². The van der Waals surface area contributed by atoms with Gasteiger partial charge in [0.1, 0.15) is 6.04 Å². The lowest BCUT2D eigenvalue weighted by atomic mass is 9.95. The SMILES string of the molecule is Cc1ccc(C)c(S(=O)(=O)N2Cc3ccccc3C[C@H]2C(=O)NCc2cccc(Cl)c2)c1. The van der Waals surface area contributed by atoms with Crippen molar-refractivity contribution in [2.45, 2.75) is 44.3 Å². The van der Waals surface area contributed by atoms with Gasteiger partial charge >= 0.3 is 0 Å². The standard InChI is InChI=1S/C25H25ClN2O3S/c1-17-10-11-18(2)24(12-17)32(30,31)28-16-21-8-4-3-7-20(21)14-23(28)25(29)27-15-19-6-5-9-22(26)13-19/h3-13,23H,14-16H2,1-2H3,(H,27,29)/t23-/m0/s1. The number of nitrogens with one attached hydrogen (secondary N) is 1. The molecule has 1 N–H and O–H groups in total. The number of rotatable bonds is 5. The number of sulfonamides is 1. The summed E-state index contributed by atoms with van der Waals surface area (Å²) in [5.41, 5.74) is 4.27. The number of aryl methyl sites for hydroxylation is 2. The molecule has 0 unspecified atom stereocenters. The van der Waals surface area contributed by atoms with Crippen LogP contribution in [0, 0.1) is 13.8 Å². The van der Waals surface area contributed by atoms with E-state index >= 15 is 0 Å². The molecule has 32 heavy (non-hydrogen) atoms. The molecule has 0 fully saturated rings. The van der Waals surface area contributed by atoms with Gasteiger partial charge in [-0.2, -0.15) is 4.31 Å². The maximum absolute atomic E-state index is 13.7. The van der Waals surface area contributed by atoms with E-state index in [4.69, 9.17) is 11.6 Å². The van der Waals surface area contributed by atoms with Gasteiger partial charge in [0, 0.05) is 18.1 Å². The van der Waals surface area contributed by atoms with Crippen molar-refractivity contribution >= 4 is 27.5 Å². The number of carbonyl (C=O) groups excluding carboxylic acids is 1. The third-order valence-electron chi connectivity index (χ3n) is 5.79. The molecule has 4 rings (SSSR count). The molecule has 1 atom stereocenters. The molecule has 0 saturated heterocycles. The molecule has 0 bridgehead atoms. The predicted octanol–water partition coefficient (Wildman–Crippen LogP) is 4.39. The number of amides is 1. The third kappa shape index (κ3) is 4.58. The van der Waals surface area contributed by atoms with E-state index in [1.54, 1.807) is 31.2 Å². The molecule has 0 radical (unpaired) electrons. The topological polar surface area (TPSA) is 66.5 Å². The minimum atomic E-state index is -3.89. The minimum absolute atomic E-state index is 0.154. The predicted molar refractivity (Wildman–Crippen MR) is 126 cm³/mol. The Morgan fingerprint density at radius 2 is 1.78 bits per heavy atom. The van der Waals surface area contributed by atoms with Gasteiger partial charge in [-0.25, -0.2) is 8.42 Å². The third-order valence-corrected chi connectivity index (χ3v) is 8.03. The molecule has 0 saturated carbocycles. The Hall–Kier alpha value is -2.67. The summed E-state index contributed by atoms with van der Waals surface area (Å²) in [5.74, 6) is -0.326. The summed E-state index contributed by atoms with van der Waals surface area (Å²) in [5, 5.41) is 3.49. The number of benzene rings is 3. The maximum Gasteiger partial charge on any atom is 0.244 e. The van der Waals surface area contributed by atoms with Gasteiger partial charge in [0.25, 0.3) is 0 Å². The van der Waals surface area contributed by atoms with Crippen LogP contribution in [0.5, 0.6) is 0 Å². The molecule has 1 heterocycles. The van der Waals surface area contributed by atoms with Crippen molar-refractivity contribution in [2.24, 2.45) is 0 Å². The van der Waals surface area contributed by atoms with Crippen LogP contribution in [-0.4, -0.2) is 24.7 Å². The minimum Gasteiger partial charge on any atom is -0.351 e. The molecule has 7 heteroatoms. The summed E-state index contributed by atoms with van der Waals surface area (Å²) in [7, 11) is -3.89. The number of fused-ring (bicyclic) bond motifs is 1. The van der Waals surface area contributed by atoms with Crippen molar-refractivity contribution in [1.29, 1.82) is 0 Å². The largest absolute Gasteiger partial charge is 0.351 e. The first-order valence-corrected chi connectivity index (χ1v) is 12.3. The zero-order chi connectivity index (χ0) is 22.9. The van der Waals surface area contributed by atoms with Crippen molar-refractivity contribution in [2.75, 3.05) is 0 Å². The number of halogens is 1. The Balaban J connectivity index is 1.68. The summed E-state index contributed by atoms with van der Waals surface area (Å²) < 4.78 is 28.8. The van der Waals surface area contributed by atoms with Crippen molar-refractivity contribution in [3.63, 3.8) is 0 Å². The Kier molecular flexibility index (Phi) is 6.38.